The van der Waals surface area contributed by atoms with Crippen LogP contribution >= 0.6 is 11.8 Å². The summed E-state index contributed by atoms with van der Waals surface area (Å²) in [7, 11) is 1.61. The minimum Gasteiger partial charge on any atom is -0.497 e. The first-order valence-corrected chi connectivity index (χ1v) is 9.97. The Labute approximate surface area is 172 Å². The van der Waals surface area contributed by atoms with E-state index in [1.54, 1.807) is 35.9 Å². The number of aryl methyl sites for hydroxylation is 1. The number of carbonyl (C=O) groups excluding carboxylic acids is 1. The van der Waals surface area contributed by atoms with Crippen LogP contribution in [-0.2, 0) is 4.79 Å². The van der Waals surface area contributed by atoms with Crippen molar-refractivity contribution in [1.29, 1.82) is 0 Å². The summed E-state index contributed by atoms with van der Waals surface area (Å²) in [5, 5.41) is 16.6. The summed E-state index contributed by atoms with van der Waals surface area (Å²) < 4.78 is 6.82. The van der Waals surface area contributed by atoms with Crippen LogP contribution in [0.3, 0.4) is 0 Å². The minimum absolute atomic E-state index is 0.107. The van der Waals surface area contributed by atoms with Gasteiger partial charge in [0.15, 0.2) is 11.5 Å². The molecule has 4 aromatic rings. The van der Waals surface area contributed by atoms with Gasteiger partial charge in [0.25, 0.3) is 0 Å². The molecule has 1 amide bonds. The van der Waals surface area contributed by atoms with E-state index in [1.165, 1.54) is 17.3 Å². The van der Waals surface area contributed by atoms with Crippen molar-refractivity contribution in [3.05, 3.63) is 66.2 Å². The van der Waals surface area contributed by atoms with Gasteiger partial charge in [0.2, 0.25) is 5.91 Å². The Kier molecular flexibility index (Phi) is 5.44. The van der Waals surface area contributed by atoms with Gasteiger partial charge in [0.05, 0.1) is 12.9 Å². The fraction of sp³-hybridized carbons (Fsp3) is 0.143. The second-order valence-corrected chi connectivity index (χ2v) is 7.39. The van der Waals surface area contributed by atoms with Gasteiger partial charge in [-0.2, -0.15) is 9.61 Å². The van der Waals surface area contributed by atoms with Gasteiger partial charge in [-0.15, -0.1) is 10.2 Å². The number of fused-ring (bicyclic) bond motifs is 1. The molecule has 29 heavy (non-hydrogen) atoms. The summed E-state index contributed by atoms with van der Waals surface area (Å²) >= 11 is 1.36. The van der Waals surface area contributed by atoms with Crippen molar-refractivity contribution in [1.82, 2.24) is 19.8 Å². The van der Waals surface area contributed by atoms with Crippen molar-refractivity contribution >= 4 is 29.0 Å². The molecule has 0 spiro atoms. The lowest BCUT2D eigenvalue weighted by atomic mass is 10.1. The smallest absolute Gasteiger partial charge is 0.234 e. The Morgan fingerprint density at radius 1 is 1.03 bits per heavy atom. The number of rotatable bonds is 6. The average Bonchev–Trinajstić information content (AvgIpc) is 3.17. The highest BCUT2D eigenvalue weighted by molar-refractivity contribution is 7.99. The summed E-state index contributed by atoms with van der Waals surface area (Å²) in [5.74, 6) is 1.55. The molecular formula is C21H19N5O2S. The third-order valence-electron chi connectivity index (χ3n) is 4.27. The van der Waals surface area contributed by atoms with E-state index in [9.17, 15) is 4.79 Å². The molecule has 1 N–H and O–H groups in total. The van der Waals surface area contributed by atoms with Crippen LogP contribution in [0, 0.1) is 6.92 Å². The zero-order valence-corrected chi connectivity index (χ0v) is 16.8. The van der Waals surface area contributed by atoms with Crippen LogP contribution in [0.5, 0.6) is 5.75 Å². The Balaban J connectivity index is 1.45. The topological polar surface area (TPSA) is 81.4 Å². The molecule has 2 heterocycles. The van der Waals surface area contributed by atoms with Crippen molar-refractivity contribution in [3.63, 3.8) is 0 Å². The Bertz CT molecular complexity index is 1140. The van der Waals surface area contributed by atoms with Gasteiger partial charge in [0.1, 0.15) is 10.8 Å². The zero-order valence-electron chi connectivity index (χ0n) is 16.0. The molecule has 0 unspecified atom stereocenters. The van der Waals surface area contributed by atoms with Crippen molar-refractivity contribution in [2.75, 3.05) is 18.2 Å². The number of aromatic nitrogens is 4. The predicted octanol–water partition coefficient (Wildman–Crippen LogP) is 3.84. The van der Waals surface area contributed by atoms with Crippen molar-refractivity contribution in [2.45, 2.75) is 11.9 Å². The highest BCUT2D eigenvalue weighted by atomic mass is 32.2. The average molecular weight is 405 g/mol. The molecule has 0 radical (unpaired) electrons. The molecule has 0 aliphatic rings. The lowest BCUT2D eigenvalue weighted by Crippen LogP contribution is -2.14. The van der Waals surface area contributed by atoms with Crippen LogP contribution in [0.2, 0.25) is 0 Å². The number of thioether (sulfide) groups is 1. The SMILES string of the molecule is COc1ccc(NC(=O)CSc2ccc3nnc(-c4ccc(C)cc4)n3n2)cc1. The molecule has 0 atom stereocenters. The molecule has 2 aromatic heterocycles. The monoisotopic (exact) mass is 405 g/mol. The molecule has 0 aliphatic carbocycles. The number of amides is 1. The normalized spacial score (nSPS) is 10.8. The number of methoxy groups -OCH3 is 1. The van der Waals surface area contributed by atoms with Gasteiger partial charge in [-0.3, -0.25) is 4.79 Å². The number of ether oxygens (including phenoxy) is 1. The molecule has 4 rings (SSSR count). The second-order valence-electron chi connectivity index (χ2n) is 6.40. The molecule has 0 saturated carbocycles. The van der Waals surface area contributed by atoms with Crippen molar-refractivity contribution in [3.8, 4) is 17.1 Å². The molecule has 0 fully saturated rings. The van der Waals surface area contributed by atoms with E-state index < -0.39 is 0 Å². The molecular weight excluding hydrogens is 386 g/mol. The van der Waals surface area contributed by atoms with Crippen LogP contribution in [-0.4, -0.2) is 38.6 Å². The summed E-state index contributed by atoms with van der Waals surface area (Å²) in [5.41, 5.74) is 3.50. The van der Waals surface area contributed by atoms with Crippen LogP contribution < -0.4 is 10.1 Å². The predicted molar refractivity (Wildman–Crippen MR) is 113 cm³/mol. The van der Waals surface area contributed by atoms with Crippen LogP contribution in [0.4, 0.5) is 5.69 Å². The number of carbonyl (C=O) groups is 1. The highest BCUT2D eigenvalue weighted by Gasteiger charge is 2.11. The number of nitrogens with zero attached hydrogens (tertiary/aromatic N) is 4. The van der Waals surface area contributed by atoms with Crippen molar-refractivity contribution < 1.29 is 9.53 Å². The second kappa shape index (κ2) is 8.32. The van der Waals surface area contributed by atoms with Gasteiger partial charge >= 0.3 is 0 Å². The number of anilines is 1. The fourth-order valence-corrected chi connectivity index (χ4v) is 3.40. The van der Waals surface area contributed by atoms with Crippen LogP contribution in [0.15, 0.2) is 65.7 Å². The molecule has 7 nitrogen and oxygen atoms in total. The zero-order chi connectivity index (χ0) is 20.2. The summed E-state index contributed by atoms with van der Waals surface area (Å²) in [6.07, 6.45) is 0. The molecule has 2 aromatic carbocycles. The molecule has 0 saturated heterocycles. The largest absolute Gasteiger partial charge is 0.497 e. The van der Waals surface area contributed by atoms with Crippen LogP contribution in [0.25, 0.3) is 17.0 Å². The van der Waals surface area contributed by atoms with Gasteiger partial charge in [-0.25, -0.2) is 0 Å². The van der Waals surface area contributed by atoms with E-state index in [4.69, 9.17) is 4.74 Å². The third-order valence-corrected chi connectivity index (χ3v) is 5.19. The maximum Gasteiger partial charge on any atom is 0.234 e. The highest BCUT2D eigenvalue weighted by Crippen LogP contribution is 2.21. The Morgan fingerprint density at radius 3 is 2.52 bits per heavy atom. The van der Waals surface area contributed by atoms with Gasteiger partial charge in [-0.1, -0.05) is 41.6 Å². The van der Waals surface area contributed by atoms with E-state index in [0.717, 1.165) is 22.0 Å². The maximum absolute atomic E-state index is 12.3. The van der Waals surface area contributed by atoms with E-state index in [2.05, 4.69) is 20.6 Å². The Hall–Kier alpha value is -3.39. The third kappa shape index (κ3) is 4.38. The lowest BCUT2D eigenvalue weighted by molar-refractivity contribution is -0.113. The van der Waals surface area contributed by atoms with Gasteiger partial charge < -0.3 is 10.1 Å². The van der Waals surface area contributed by atoms with E-state index in [1.807, 2.05) is 43.3 Å². The number of hydrogen-bond donors (Lipinski definition) is 1. The molecule has 8 heteroatoms. The van der Waals surface area contributed by atoms with Crippen LogP contribution in [0.1, 0.15) is 5.56 Å². The lowest BCUT2D eigenvalue weighted by Gasteiger charge is -2.06. The first-order chi connectivity index (χ1) is 14.1. The number of benzene rings is 2. The molecule has 146 valence electrons. The maximum atomic E-state index is 12.3. The molecule has 0 aliphatic heterocycles. The fourth-order valence-electron chi connectivity index (χ4n) is 2.74. The summed E-state index contributed by atoms with van der Waals surface area (Å²) in [6, 6.07) is 18.9. The standard InChI is InChI=1S/C21H19N5O2S/c1-14-3-5-15(6-4-14)21-24-23-18-11-12-20(25-26(18)21)29-13-19(27)22-16-7-9-17(28-2)10-8-16/h3-12H,13H2,1-2H3,(H,22,27). The minimum atomic E-state index is -0.107. The quantitative estimate of drug-likeness (QED) is 0.491. The van der Waals surface area contributed by atoms with E-state index in [0.29, 0.717) is 11.5 Å². The summed E-state index contributed by atoms with van der Waals surface area (Å²) in [4.78, 5) is 12.3. The van der Waals surface area contributed by atoms with Gasteiger partial charge in [0, 0.05) is 11.3 Å². The van der Waals surface area contributed by atoms with Gasteiger partial charge in [-0.05, 0) is 43.3 Å². The Morgan fingerprint density at radius 2 is 1.79 bits per heavy atom. The van der Waals surface area contributed by atoms with E-state index in [-0.39, 0.29) is 11.7 Å². The summed E-state index contributed by atoms with van der Waals surface area (Å²) in [6.45, 7) is 2.04. The first kappa shape index (κ1) is 18.9. The molecule has 0 bridgehead atoms. The first-order valence-electron chi connectivity index (χ1n) is 8.98. The van der Waals surface area contributed by atoms with Crippen molar-refractivity contribution in [2.24, 2.45) is 0 Å². The number of hydrogen-bond acceptors (Lipinski definition) is 6. The number of nitrogens with one attached hydrogen (secondary N) is 1. The van der Waals surface area contributed by atoms with E-state index >= 15 is 0 Å².